The fourth-order valence-corrected chi connectivity index (χ4v) is 2.58. The predicted octanol–water partition coefficient (Wildman–Crippen LogP) is 1.72. The molecule has 0 unspecified atom stereocenters. The molecule has 2 amide bonds. The number of nitrogens with zero attached hydrogens (tertiary/aromatic N) is 3. The van der Waals surface area contributed by atoms with Crippen molar-refractivity contribution >= 4 is 41.0 Å². The Balaban J connectivity index is 1.78. The number of carbonyl (C=O) groups is 2. The summed E-state index contributed by atoms with van der Waals surface area (Å²) >= 11 is 5.12. The van der Waals surface area contributed by atoms with Gasteiger partial charge in [0.25, 0.3) is 5.91 Å². The number of para-hydroxylation sites is 1. The van der Waals surface area contributed by atoms with Crippen molar-refractivity contribution in [2.24, 2.45) is 10.9 Å². The van der Waals surface area contributed by atoms with Crippen molar-refractivity contribution in [3.05, 3.63) is 60.4 Å². The molecule has 1 aliphatic heterocycles. The number of hydrogen-bond acceptors (Lipinski definition) is 5. The average molecular weight is 338 g/mol. The molecule has 0 spiro atoms. The molecule has 1 saturated heterocycles. The highest BCUT2D eigenvalue weighted by Gasteiger charge is 2.38. The van der Waals surface area contributed by atoms with E-state index < -0.39 is 17.7 Å². The summed E-state index contributed by atoms with van der Waals surface area (Å²) in [5, 5.41) is 2.62. The molecule has 3 rings (SSSR count). The Bertz CT molecular complexity index is 793. The number of rotatable bonds is 4. The lowest BCUT2D eigenvalue weighted by Crippen LogP contribution is -2.58. The highest BCUT2D eigenvalue weighted by Crippen LogP contribution is 2.19. The SMILES string of the molecule is O=C1NC(=S)N(c2ccccc2)C(=O)[C@H]1C=NCc1ccccn1. The first-order valence-corrected chi connectivity index (χ1v) is 7.71. The molecular weight excluding hydrogens is 324 g/mol. The molecule has 7 heteroatoms. The topological polar surface area (TPSA) is 74.7 Å². The zero-order chi connectivity index (χ0) is 16.9. The van der Waals surface area contributed by atoms with E-state index in [9.17, 15) is 9.59 Å². The van der Waals surface area contributed by atoms with Crippen LogP contribution in [0, 0.1) is 5.92 Å². The fraction of sp³-hybridized carbons (Fsp3) is 0.118. The summed E-state index contributed by atoms with van der Waals surface area (Å²) in [4.78, 5) is 34.4. The van der Waals surface area contributed by atoms with E-state index in [4.69, 9.17) is 12.2 Å². The quantitative estimate of drug-likeness (QED) is 0.523. The van der Waals surface area contributed by atoms with Gasteiger partial charge in [0.15, 0.2) is 11.0 Å². The van der Waals surface area contributed by atoms with Crippen LogP contribution in [0.3, 0.4) is 0 Å². The smallest absolute Gasteiger partial charge is 0.251 e. The van der Waals surface area contributed by atoms with Gasteiger partial charge in [-0.2, -0.15) is 0 Å². The Labute approximate surface area is 144 Å². The molecule has 2 heterocycles. The molecule has 1 aliphatic rings. The van der Waals surface area contributed by atoms with E-state index in [0.717, 1.165) is 5.69 Å². The van der Waals surface area contributed by atoms with Gasteiger partial charge >= 0.3 is 0 Å². The van der Waals surface area contributed by atoms with E-state index in [1.54, 1.807) is 30.5 Å². The molecule has 1 fully saturated rings. The zero-order valence-electron chi connectivity index (χ0n) is 12.6. The number of amides is 2. The van der Waals surface area contributed by atoms with E-state index >= 15 is 0 Å². The van der Waals surface area contributed by atoms with Gasteiger partial charge < -0.3 is 5.32 Å². The number of pyridine rings is 1. The molecule has 2 aromatic rings. The Morgan fingerprint density at radius 2 is 1.92 bits per heavy atom. The maximum absolute atomic E-state index is 12.7. The molecule has 1 aromatic carbocycles. The maximum atomic E-state index is 12.7. The Kier molecular flexibility index (Phi) is 4.72. The van der Waals surface area contributed by atoms with Gasteiger partial charge in [0.1, 0.15) is 0 Å². The van der Waals surface area contributed by atoms with Gasteiger partial charge in [0.2, 0.25) is 5.91 Å². The lowest BCUT2D eigenvalue weighted by atomic mass is 10.1. The number of benzene rings is 1. The summed E-state index contributed by atoms with van der Waals surface area (Å²) in [7, 11) is 0. The summed E-state index contributed by atoms with van der Waals surface area (Å²) < 4.78 is 0. The van der Waals surface area contributed by atoms with Gasteiger partial charge in [-0.05, 0) is 36.5 Å². The number of anilines is 1. The number of aromatic nitrogens is 1. The van der Waals surface area contributed by atoms with Crippen LogP contribution in [-0.4, -0.2) is 28.1 Å². The van der Waals surface area contributed by atoms with Crippen LogP contribution < -0.4 is 10.2 Å². The Morgan fingerprint density at radius 3 is 2.62 bits per heavy atom. The highest BCUT2D eigenvalue weighted by atomic mass is 32.1. The third kappa shape index (κ3) is 3.36. The lowest BCUT2D eigenvalue weighted by Gasteiger charge is -2.30. The van der Waals surface area contributed by atoms with Crippen LogP contribution in [0.15, 0.2) is 59.7 Å². The Morgan fingerprint density at radius 1 is 1.17 bits per heavy atom. The van der Waals surface area contributed by atoms with Gasteiger partial charge in [0.05, 0.1) is 17.9 Å². The number of nitrogens with one attached hydrogen (secondary N) is 1. The molecule has 0 aliphatic carbocycles. The lowest BCUT2D eigenvalue weighted by molar-refractivity contribution is -0.130. The molecule has 1 N–H and O–H groups in total. The third-order valence-corrected chi connectivity index (χ3v) is 3.74. The van der Waals surface area contributed by atoms with Crippen molar-refractivity contribution in [2.75, 3.05) is 4.90 Å². The van der Waals surface area contributed by atoms with Crippen molar-refractivity contribution in [2.45, 2.75) is 6.54 Å². The summed E-state index contributed by atoms with van der Waals surface area (Å²) in [6.07, 6.45) is 3.02. The van der Waals surface area contributed by atoms with E-state index in [0.29, 0.717) is 12.2 Å². The normalized spacial score (nSPS) is 18.1. The van der Waals surface area contributed by atoms with Crippen LogP contribution >= 0.6 is 12.2 Å². The van der Waals surface area contributed by atoms with Gasteiger partial charge in [-0.15, -0.1) is 0 Å². The van der Waals surface area contributed by atoms with Crippen LogP contribution in [0.25, 0.3) is 0 Å². The molecule has 1 atom stereocenters. The standard InChI is InChI=1S/C17H14N4O2S/c22-15-14(11-18-10-12-6-4-5-9-19-12)16(23)21(17(24)20-15)13-7-2-1-3-8-13/h1-9,11,14H,10H2,(H,20,22,24)/t14-/m0/s1. The summed E-state index contributed by atoms with van der Waals surface area (Å²) in [5.74, 6) is -1.90. The van der Waals surface area contributed by atoms with Crippen molar-refractivity contribution in [3.63, 3.8) is 0 Å². The minimum atomic E-state index is -1.01. The molecule has 24 heavy (non-hydrogen) atoms. The zero-order valence-corrected chi connectivity index (χ0v) is 13.4. The Hall–Kier alpha value is -2.93. The summed E-state index contributed by atoms with van der Waals surface area (Å²) in [5.41, 5.74) is 1.36. The molecular formula is C17H14N4O2S. The van der Waals surface area contributed by atoms with Crippen LogP contribution in [0.1, 0.15) is 5.69 Å². The second-order valence-corrected chi connectivity index (χ2v) is 5.48. The third-order valence-electron chi connectivity index (χ3n) is 3.45. The van der Waals surface area contributed by atoms with Crippen LogP contribution in [0.4, 0.5) is 5.69 Å². The van der Waals surface area contributed by atoms with Crippen molar-refractivity contribution in [3.8, 4) is 0 Å². The van der Waals surface area contributed by atoms with Gasteiger partial charge in [-0.25, -0.2) is 0 Å². The van der Waals surface area contributed by atoms with Gasteiger partial charge in [-0.3, -0.25) is 24.5 Å². The van der Waals surface area contributed by atoms with Gasteiger partial charge in [-0.1, -0.05) is 24.3 Å². The minimum absolute atomic E-state index is 0.0746. The first-order chi connectivity index (χ1) is 11.7. The minimum Gasteiger partial charge on any atom is -0.301 e. The number of thiocarbonyl (C=S) groups is 1. The molecule has 120 valence electrons. The number of aliphatic imine (C=N–C) groups is 1. The average Bonchev–Trinajstić information content (AvgIpc) is 2.59. The summed E-state index contributed by atoms with van der Waals surface area (Å²) in [6.45, 7) is 0.299. The predicted molar refractivity (Wildman–Crippen MR) is 94.6 cm³/mol. The molecule has 6 nitrogen and oxygen atoms in total. The largest absolute Gasteiger partial charge is 0.301 e. The first-order valence-electron chi connectivity index (χ1n) is 7.30. The highest BCUT2D eigenvalue weighted by molar-refractivity contribution is 7.80. The van der Waals surface area contributed by atoms with Crippen LogP contribution in [-0.2, 0) is 16.1 Å². The first kappa shape index (κ1) is 15.9. The maximum Gasteiger partial charge on any atom is 0.251 e. The number of carbonyl (C=O) groups excluding carboxylic acids is 2. The fourth-order valence-electron chi connectivity index (χ4n) is 2.29. The van der Waals surface area contributed by atoms with E-state index in [1.807, 2.05) is 24.3 Å². The van der Waals surface area contributed by atoms with E-state index in [2.05, 4.69) is 15.3 Å². The second-order valence-electron chi connectivity index (χ2n) is 5.09. The van der Waals surface area contributed by atoms with Gasteiger partial charge in [0, 0.05) is 12.4 Å². The van der Waals surface area contributed by atoms with Crippen molar-refractivity contribution < 1.29 is 9.59 Å². The van der Waals surface area contributed by atoms with Crippen molar-refractivity contribution in [1.82, 2.24) is 10.3 Å². The second kappa shape index (κ2) is 7.10. The van der Waals surface area contributed by atoms with E-state index in [1.165, 1.54) is 11.1 Å². The molecule has 0 radical (unpaired) electrons. The van der Waals surface area contributed by atoms with Crippen molar-refractivity contribution in [1.29, 1.82) is 0 Å². The molecule has 0 saturated carbocycles. The van der Waals surface area contributed by atoms with Crippen LogP contribution in [0.5, 0.6) is 0 Å². The monoisotopic (exact) mass is 338 g/mol. The van der Waals surface area contributed by atoms with E-state index in [-0.39, 0.29) is 5.11 Å². The summed E-state index contributed by atoms with van der Waals surface area (Å²) in [6, 6.07) is 14.4. The van der Waals surface area contributed by atoms with Crippen LogP contribution in [0.2, 0.25) is 0 Å². The number of hydrogen-bond donors (Lipinski definition) is 1. The molecule has 0 bridgehead atoms. The molecule has 1 aromatic heterocycles.